The van der Waals surface area contributed by atoms with Crippen molar-refractivity contribution in [2.75, 3.05) is 19.7 Å². The first kappa shape index (κ1) is 23.2. The van der Waals surface area contributed by atoms with Crippen LogP contribution in [0.3, 0.4) is 0 Å². The Kier molecular flexibility index (Phi) is 10.2. The van der Waals surface area contributed by atoms with Crippen molar-refractivity contribution in [2.24, 2.45) is 5.11 Å². The molecule has 0 heterocycles. The maximum Gasteiger partial charge on any atom is 0.405 e. The summed E-state index contributed by atoms with van der Waals surface area (Å²) < 4.78 is 5.97. The van der Waals surface area contributed by atoms with Gasteiger partial charge in [0.1, 0.15) is 6.04 Å². The third-order valence-electron chi connectivity index (χ3n) is 4.35. The number of hydrogen-bond donors (Lipinski definition) is 3. The Morgan fingerprint density at radius 1 is 1.32 bits per heavy atom. The zero-order valence-corrected chi connectivity index (χ0v) is 16.8. The van der Waals surface area contributed by atoms with Gasteiger partial charge >= 0.3 is 6.09 Å². The summed E-state index contributed by atoms with van der Waals surface area (Å²) in [4.78, 5) is 25.6. The zero-order chi connectivity index (χ0) is 19.5. The minimum absolute atomic E-state index is 0.0936. The second-order valence-electron chi connectivity index (χ2n) is 7.35. The van der Waals surface area contributed by atoms with Crippen molar-refractivity contribution in [3.05, 3.63) is 10.4 Å². The lowest BCUT2D eigenvalue weighted by Gasteiger charge is -2.36. The van der Waals surface area contributed by atoms with Gasteiger partial charge in [-0.05, 0) is 36.5 Å². The lowest BCUT2D eigenvalue weighted by molar-refractivity contribution is -0.123. The summed E-state index contributed by atoms with van der Waals surface area (Å²) in [5.41, 5.74) is 8.20. The maximum absolute atomic E-state index is 12.2. The number of nitrogens with one attached hydrogen (secondary N) is 2. The minimum Gasteiger partial charge on any atom is -0.465 e. The molecule has 0 saturated heterocycles. The molecule has 9 nitrogen and oxygen atoms in total. The Hall–Kier alpha value is -1.77. The fourth-order valence-electron chi connectivity index (χ4n) is 1.81. The molecule has 2 amide bonds. The number of carbonyl (C=O) groups is 2. The maximum atomic E-state index is 12.2. The average Bonchev–Trinajstić information content (AvgIpc) is 2.48. The minimum atomic E-state index is -1.86. The van der Waals surface area contributed by atoms with Gasteiger partial charge in [-0.1, -0.05) is 32.3 Å². The number of carboxylic acid groups (broad SMARTS) is 1. The smallest absolute Gasteiger partial charge is 0.405 e. The molecule has 0 bridgehead atoms. The first-order valence-corrected chi connectivity index (χ1v) is 11.3. The molecule has 3 N–H and O–H groups in total. The van der Waals surface area contributed by atoms with Gasteiger partial charge in [0.05, 0.1) is 6.61 Å². The highest BCUT2D eigenvalue weighted by molar-refractivity contribution is 6.74. The monoisotopic (exact) mass is 373 g/mol. The van der Waals surface area contributed by atoms with E-state index in [1.807, 2.05) is 0 Å². The lowest BCUT2D eigenvalue weighted by Crippen LogP contribution is -2.48. The van der Waals surface area contributed by atoms with Gasteiger partial charge in [0.2, 0.25) is 5.91 Å². The number of nitrogens with zero attached hydrogens (tertiary/aromatic N) is 3. The molecule has 1 unspecified atom stereocenters. The second-order valence-corrected chi connectivity index (χ2v) is 12.2. The Balaban J connectivity index is 4.33. The average molecular weight is 374 g/mol. The van der Waals surface area contributed by atoms with Gasteiger partial charge in [0.25, 0.3) is 0 Å². The van der Waals surface area contributed by atoms with Crippen LogP contribution in [0.4, 0.5) is 4.79 Å². The molecule has 0 radical (unpaired) electrons. The van der Waals surface area contributed by atoms with Crippen molar-refractivity contribution in [3.8, 4) is 0 Å². The van der Waals surface area contributed by atoms with Crippen LogP contribution in [0.2, 0.25) is 18.1 Å². The summed E-state index contributed by atoms with van der Waals surface area (Å²) >= 11 is 0. The number of rotatable bonds is 11. The highest BCUT2D eigenvalue weighted by Gasteiger charge is 2.36. The molecule has 0 saturated carbocycles. The Labute approximate surface area is 150 Å². The van der Waals surface area contributed by atoms with E-state index in [4.69, 9.17) is 15.1 Å². The van der Waals surface area contributed by atoms with Crippen LogP contribution < -0.4 is 10.6 Å². The molecule has 0 aliphatic carbocycles. The SMILES string of the molecule is CC(C)(C)[Si](C)(C)OCCNC(=O)C(CCCCN=[N+]=[N-])NC(=O)O. The quantitative estimate of drug-likeness (QED) is 0.168. The summed E-state index contributed by atoms with van der Waals surface area (Å²) in [5.74, 6) is -0.370. The first-order chi connectivity index (χ1) is 11.5. The Morgan fingerprint density at radius 3 is 2.48 bits per heavy atom. The van der Waals surface area contributed by atoms with Crippen LogP contribution in [0.5, 0.6) is 0 Å². The zero-order valence-electron chi connectivity index (χ0n) is 15.8. The molecule has 0 aliphatic heterocycles. The number of azide groups is 1. The van der Waals surface area contributed by atoms with Crippen molar-refractivity contribution in [3.63, 3.8) is 0 Å². The van der Waals surface area contributed by atoms with E-state index in [2.05, 4.69) is 54.5 Å². The van der Waals surface area contributed by atoms with Crippen LogP contribution in [0, 0.1) is 0 Å². The van der Waals surface area contributed by atoms with Gasteiger partial charge in [-0.25, -0.2) is 4.79 Å². The van der Waals surface area contributed by atoms with Crippen molar-refractivity contribution in [2.45, 2.75) is 64.2 Å². The van der Waals surface area contributed by atoms with Crippen LogP contribution in [0.15, 0.2) is 5.11 Å². The second kappa shape index (κ2) is 11.0. The fourth-order valence-corrected chi connectivity index (χ4v) is 2.86. The van der Waals surface area contributed by atoms with Crippen LogP contribution in [-0.2, 0) is 9.22 Å². The van der Waals surface area contributed by atoms with E-state index in [1.54, 1.807) is 0 Å². The van der Waals surface area contributed by atoms with E-state index in [-0.39, 0.29) is 10.9 Å². The Bertz CT molecular complexity index is 487. The summed E-state index contributed by atoms with van der Waals surface area (Å²) in [6.07, 6.45) is 0.289. The molecule has 1 atom stereocenters. The molecular weight excluding hydrogens is 342 g/mol. The number of amides is 2. The molecule has 10 heteroatoms. The highest BCUT2D eigenvalue weighted by atomic mass is 28.4. The van der Waals surface area contributed by atoms with E-state index in [9.17, 15) is 9.59 Å². The molecule has 0 aromatic rings. The summed E-state index contributed by atoms with van der Waals surface area (Å²) in [7, 11) is -1.86. The molecule has 0 aromatic carbocycles. The van der Waals surface area contributed by atoms with Gasteiger partial charge in [-0.3, -0.25) is 4.79 Å². The van der Waals surface area contributed by atoms with Gasteiger partial charge in [-0.15, -0.1) is 0 Å². The highest BCUT2D eigenvalue weighted by Crippen LogP contribution is 2.36. The van der Waals surface area contributed by atoms with E-state index in [0.717, 1.165) is 0 Å². The molecule has 0 fully saturated rings. The van der Waals surface area contributed by atoms with E-state index < -0.39 is 20.5 Å². The third kappa shape index (κ3) is 9.95. The predicted octanol–water partition coefficient (Wildman–Crippen LogP) is 3.24. The standard InChI is InChI=1S/C15H31N5O4Si/c1-15(2,3)25(4,5)24-11-10-17-13(21)12(19-14(22)23)8-6-7-9-18-20-16/h12,19H,6-11H2,1-5H3,(H,17,21)(H,22,23). The number of hydrogen-bond acceptors (Lipinski definition) is 4. The van der Waals surface area contributed by atoms with Crippen molar-refractivity contribution in [1.82, 2.24) is 10.6 Å². The summed E-state index contributed by atoms with van der Waals surface area (Å²) in [6.45, 7) is 11.8. The number of unbranched alkanes of at least 4 members (excludes halogenated alkanes) is 1. The molecule has 0 rings (SSSR count). The summed E-state index contributed by atoms with van der Waals surface area (Å²) in [5, 5.41) is 17.3. The van der Waals surface area contributed by atoms with Crippen LogP contribution in [0.25, 0.3) is 10.4 Å². The molecule has 0 aliphatic rings. The van der Waals surface area contributed by atoms with E-state index in [0.29, 0.717) is 39.0 Å². The molecule has 0 aromatic heterocycles. The van der Waals surface area contributed by atoms with Crippen LogP contribution >= 0.6 is 0 Å². The molecular formula is C15H31N5O4Si. The van der Waals surface area contributed by atoms with Crippen molar-refractivity contribution >= 4 is 20.3 Å². The summed E-state index contributed by atoms with van der Waals surface area (Å²) in [6, 6.07) is -0.823. The number of carbonyl (C=O) groups excluding carboxylic acids is 1. The van der Waals surface area contributed by atoms with Crippen LogP contribution in [0.1, 0.15) is 40.0 Å². The topological polar surface area (TPSA) is 136 Å². The van der Waals surface area contributed by atoms with Gasteiger partial charge in [0.15, 0.2) is 8.32 Å². The van der Waals surface area contributed by atoms with E-state index in [1.165, 1.54) is 0 Å². The molecule has 144 valence electrons. The Morgan fingerprint density at radius 2 is 1.96 bits per heavy atom. The van der Waals surface area contributed by atoms with Crippen LogP contribution in [-0.4, -0.2) is 51.2 Å². The van der Waals surface area contributed by atoms with Crippen molar-refractivity contribution in [1.29, 1.82) is 0 Å². The lowest BCUT2D eigenvalue weighted by atomic mass is 10.1. The van der Waals surface area contributed by atoms with E-state index >= 15 is 0 Å². The van der Waals surface area contributed by atoms with Crippen molar-refractivity contribution < 1.29 is 19.1 Å². The normalized spacial score (nSPS) is 12.8. The van der Waals surface area contributed by atoms with Gasteiger partial charge in [0, 0.05) is 18.0 Å². The third-order valence-corrected chi connectivity index (χ3v) is 8.89. The van der Waals surface area contributed by atoms with Gasteiger partial charge in [-0.2, -0.15) is 0 Å². The van der Waals surface area contributed by atoms with Gasteiger partial charge < -0.3 is 20.2 Å². The molecule has 0 spiro atoms. The predicted molar refractivity (Wildman–Crippen MR) is 99.0 cm³/mol. The first-order valence-electron chi connectivity index (χ1n) is 8.43. The molecule has 25 heavy (non-hydrogen) atoms. The largest absolute Gasteiger partial charge is 0.465 e. The fraction of sp³-hybridized carbons (Fsp3) is 0.867.